The first-order valence-electron chi connectivity index (χ1n) is 9.64. The quantitative estimate of drug-likeness (QED) is 0.600. The number of hydrogen-bond donors (Lipinski definition) is 1. The molecule has 164 valence electrons. The normalized spacial score (nSPS) is 18.4. The maximum Gasteiger partial charge on any atom is 0.168 e. The number of aliphatic imine (C=N–C) groups is 2. The number of thioether (sulfide) groups is 2. The summed E-state index contributed by atoms with van der Waals surface area (Å²) in [6.45, 7) is 1.70. The number of methoxy groups -OCH3 is 1. The van der Waals surface area contributed by atoms with E-state index in [0.717, 1.165) is 41.3 Å². The summed E-state index contributed by atoms with van der Waals surface area (Å²) in [5.74, 6) is 1.79. The second kappa shape index (κ2) is 10.7. The Kier molecular flexibility index (Phi) is 8.22. The Bertz CT molecular complexity index is 1010. The minimum atomic E-state index is 0. The van der Waals surface area contributed by atoms with Crippen molar-refractivity contribution in [2.24, 2.45) is 9.98 Å². The van der Waals surface area contributed by atoms with Gasteiger partial charge in [-0.25, -0.2) is 0 Å². The summed E-state index contributed by atoms with van der Waals surface area (Å²) in [4.78, 5) is 12.0. The summed E-state index contributed by atoms with van der Waals surface area (Å²) < 4.78 is 5.25. The fourth-order valence-corrected chi connectivity index (χ4v) is 5.59. The molecule has 0 aliphatic carbocycles. The van der Waals surface area contributed by atoms with E-state index < -0.39 is 0 Å². The second-order valence-corrected chi connectivity index (χ2v) is 8.95. The van der Waals surface area contributed by atoms with Crippen LogP contribution in [-0.2, 0) is 13.0 Å². The van der Waals surface area contributed by atoms with Crippen LogP contribution >= 0.6 is 48.3 Å². The molecular formula is C22H24Cl2N4OS2. The number of rotatable bonds is 5. The summed E-state index contributed by atoms with van der Waals surface area (Å²) >= 11 is 3.50. The molecule has 0 saturated carbocycles. The highest BCUT2D eigenvalue weighted by molar-refractivity contribution is 8.17. The number of anilines is 1. The van der Waals surface area contributed by atoms with Crippen molar-refractivity contribution < 1.29 is 4.74 Å². The first kappa shape index (κ1) is 23.9. The van der Waals surface area contributed by atoms with E-state index in [-0.39, 0.29) is 24.8 Å². The van der Waals surface area contributed by atoms with Crippen LogP contribution in [0.2, 0.25) is 0 Å². The van der Waals surface area contributed by atoms with Crippen molar-refractivity contribution in [3.8, 4) is 5.75 Å². The largest absolute Gasteiger partial charge is 0.497 e. The molecule has 0 amide bonds. The van der Waals surface area contributed by atoms with Crippen molar-refractivity contribution in [2.45, 2.75) is 19.0 Å². The molecule has 0 bridgehead atoms. The molecule has 9 heteroatoms. The van der Waals surface area contributed by atoms with Gasteiger partial charge in [-0.15, -0.1) is 24.8 Å². The fraction of sp³-hybridized carbons (Fsp3) is 0.273. The maximum atomic E-state index is 5.25. The predicted molar refractivity (Wildman–Crippen MR) is 138 cm³/mol. The van der Waals surface area contributed by atoms with Gasteiger partial charge in [0.1, 0.15) is 5.75 Å². The van der Waals surface area contributed by atoms with E-state index in [9.17, 15) is 0 Å². The molecule has 2 aromatic rings. The first-order valence-corrected chi connectivity index (χ1v) is 11.5. The minimum Gasteiger partial charge on any atom is -0.497 e. The Morgan fingerprint density at radius 1 is 1.16 bits per heavy atom. The second-order valence-electron chi connectivity index (χ2n) is 7.15. The third kappa shape index (κ3) is 5.34. The van der Waals surface area contributed by atoms with Crippen LogP contribution in [0.4, 0.5) is 5.69 Å². The van der Waals surface area contributed by atoms with Crippen LogP contribution in [0.5, 0.6) is 5.75 Å². The molecule has 0 saturated heterocycles. The molecule has 1 atom stereocenters. The van der Waals surface area contributed by atoms with Crippen molar-refractivity contribution in [3.63, 3.8) is 0 Å². The molecule has 0 radical (unpaired) electrons. The highest BCUT2D eigenvalue weighted by Crippen LogP contribution is 2.34. The Labute approximate surface area is 203 Å². The van der Waals surface area contributed by atoms with E-state index in [1.807, 2.05) is 12.1 Å². The lowest BCUT2D eigenvalue weighted by Gasteiger charge is -2.20. The number of fused-ring (bicyclic) bond motifs is 2. The SMILES string of the molecule is COc1ccc(CC2CN3C(CSC4=NCc5ccccc5N4)=CSC3=N2)cc1.Cl.Cl. The molecule has 5 rings (SSSR count). The van der Waals surface area contributed by atoms with Crippen LogP contribution in [0.3, 0.4) is 0 Å². The van der Waals surface area contributed by atoms with Gasteiger partial charge >= 0.3 is 0 Å². The number of amidine groups is 2. The van der Waals surface area contributed by atoms with Crippen LogP contribution in [-0.4, -0.2) is 40.7 Å². The van der Waals surface area contributed by atoms with Crippen molar-refractivity contribution in [1.29, 1.82) is 0 Å². The Morgan fingerprint density at radius 2 is 1.97 bits per heavy atom. The molecule has 2 aromatic carbocycles. The zero-order valence-corrected chi connectivity index (χ0v) is 20.3. The van der Waals surface area contributed by atoms with Gasteiger partial charge in [0.05, 0.1) is 19.7 Å². The molecule has 0 aromatic heterocycles. The highest BCUT2D eigenvalue weighted by Gasteiger charge is 2.32. The van der Waals surface area contributed by atoms with Gasteiger partial charge in [0.25, 0.3) is 0 Å². The van der Waals surface area contributed by atoms with Gasteiger partial charge in [0, 0.05) is 23.7 Å². The molecule has 1 N–H and O–H groups in total. The summed E-state index contributed by atoms with van der Waals surface area (Å²) in [6, 6.07) is 17.0. The van der Waals surface area contributed by atoms with Crippen molar-refractivity contribution >= 4 is 64.4 Å². The predicted octanol–water partition coefficient (Wildman–Crippen LogP) is 5.42. The van der Waals surface area contributed by atoms with Gasteiger partial charge in [-0.05, 0) is 41.2 Å². The monoisotopic (exact) mass is 494 g/mol. The Hall–Kier alpha value is -1.80. The van der Waals surface area contributed by atoms with Gasteiger partial charge in [0.15, 0.2) is 10.3 Å². The number of halogens is 2. The van der Waals surface area contributed by atoms with Gasteiger partial charge < -0.3 is 15.0 Å². The van der Waals surface area contributed by atoms with E-state index in [4.69, 9.17) is 9.73 Å². The van der Waals surface area contributed by atoms with Crippen molar-refractivity contribution in [2.75, 3.05) is 24.7 Å². The number of benzene rings is 2. The topological polar surface area (TPSA) is 49.2 Å². The molecule has 3 aliphatic rings. The zero-order chi connectivity index (χ0) is 19.6. The summed E-state index contributed by atoms with van der Waals surface area (Å²) in [6.07, 6.45) is 0.954. The molecule has 3 aliphatic heterocycles. The number of ether oxygens (including phenoxy) is 1. The Balaban J connectivity index is 0.00000136. The fourth-order valence-electron chi connectivity index (χ4n) is 3.65. The van der Waals surface area contributed by atoms with Crippen LogP contribution < -0.4 is 10.1 Å². The maximum absolute atomic E-state index is 5.25. The van der Waals surface area contributed by atoms with Crippen LogP contribution in [0.15, 0.2) is 69.6 Å². The van der Waals surface area contributed by atoms with E-state index in [0.29, 0.717) is 6.04 Å². The van der Waals surface area contributed by atoms with E-state index in [1.165, 1.54) is 22.5 Å². The zero-order valence-electron chi connectivity index (χ0n) is 17.0. The molecule has 5 nitrogen and oxygen atoms in total. The van der Waals surface area contributed by atoms with Crippen molar-refractivity contribution in [3.05, 3.63) is 70.8 Å². The molecule has 31 heavy (non-hydrogen) atoms. The molecule has 3 heterocycles. The van der Waals surface area contributed by atoms with Crippen LogP contribution in [0, 0.1) is 0 Å². The summed E-state index contributed by atoms with van der Waals surface area (Å²) in [7, 11) is 1.70. The van der Waals surface area contributed by atoms with Gasteiger partial charge in [-0.2, -0.15) is 0 Å². The number of nitrogens with zero attached hydrogens (tertiary/aromatic N) is 3. The summed E-state index contributed by atoms with van der Waals surface area (Å²) in [5, 5.41) is 7.80. The number of para-hydroxylation sites is 1. The van der Waals surface area contributed by atoms with Crippen LogP contribution in [0.25, 0.3) is 0 Å². The third-order valence-corrected chi connectivity index (χ3v) is 7.07. The minimum absolute atomic E-state index is 0. The molecule has 1 unspecified atom stereocenters. The molecule has 0 spiro atoms. The smallest absolute Gasteiger partial charge is 0.168 e. The van der Waals surface area contributed by atoms with E-state index in [2.05, 4.69) is 57.0 Å². The lowest BCUT2D eigenvalue weighted by molar-refractivity contribution is 0.414. The third-order valence-electron chi connectivity index (χ3n) is 5.20. The highest BCUT2D eigenvalue weighted by atomic mass is 35.5. The van der Waals surface area contributed by atoms with E-state index in [1.54, 1.807) is 30.6 Å². The van der Waals surface area contributed by atoms with Crippen LogP contribution in [0.1, 0.15) is 11.1 Å². The lowest BCUT2D eigenvalue weighted by Crippen LogP contribution is -2.26. The van der Waals surface area contributed by atoms with Gasteiger partial charge in [0.2, 0.25) is 0 Å². The summed E-state index contributed by atoms with van der Waals surface area (Å²) in [5.41, 5.74) is 5.04. The first-order chi connectivity index (χ1) is 14.3. The average molecular weight is 496 g/mol. The number of hydrogen-bond acceptors (Lipinski definition) is 7. The van der Waals surface area contributed by atoms with E-state index >= 15 is 0 Å². The molecular weight excluding hydrogens is 471 g/mol. The van der Waals surface area contributed by atoms with Crippen molar-refractivity contribution in [1.82, 2.24) is 4.90 Å². The number of nitrogens with one attached hydrogen (secondary N) is 1. The lowest BCUT2D eigenvalue weighted by atomic mass is 10.1. The molecule has 0 fully saturated rings. The van der Waals surface area contributed by atoms with Gasteiger partial charge in [-0.1, -0.05) is 53.9 Å². The van der Waals surface area contributed by atoms with Gasteiger partial charge in [-0.3, -0.25) is 9.98 Å². The standard InChI is InChI=1S/C22H22N4OS2.2ClH/c1-27-19-8-6-15(7-9-19)10-17-12-26-18(14-29-22(26)24-17)13-28-21-23-11-16-4-2-3-5-20(16)25-21;;/h2-9,14,17H,10-13H2,1H3,(H,23,25);2*1H. The average Bonchev–Trinajstić information content (AvgIpc) is 3.33. The Morgan fingerprint density at radius 3 is 2.77 bits per heavy atom.